The van der Waals surface area contributed by atoms with Crippen LogP contribution in [0.15, 0.2) is 41.3 Å². The molecular formula is C21H26N4O5S2. The third-order valence-corrected chi connectivity index (χ3v) is 7.43. The number of amides is 2. The second kappa shape index (κ2) is 10.3. The monoisotopic (exact) mass is 478 g/mol. The summed E-state index contributed by atoms with van der Waals surface area (Å²) in [5, 5.41) is 5.16. The number of hydrogen-bond acceptors (Lipinski definition) is 7. The van der Waals surface area contributed by atoms with Crippen molar-refractivity contribution >= 4 is 39.2 Å². The number of benzene rings is 1. The molecule has 1 aromatic carbocycles. The fraction of sp³-hybridized carbons (Fsp3) is 0.429. The van der Waals surface area contributed by atoms with Crippen LogP contribution in [0.5, 0.6) is 0 Å². The molecule has 2 amide bonds. The van der Waals surface area contributed by atoms with Gasteiger partial charge in [0.15, 0.2) is 0 Å². The number of carbonyl (C=O) groups is 3. The summed E-state index contributed by atoms with van der Waals surface area (Å²) in [6.45, 7) is 3.66. The number of sulfonamides is 1. The van der Waals surface area contributed by atoms with Gasteiger partial charge in [-0.2, -0.15) is 9.10 Å². The summed E-state index contributed by atoms with van der Waals surface area (Å²) >= 11 is 1.33. The molecule has 2 unspecified atom stereocenters. The Morgan fingerprint density at radius 3 is 2.59 bits per heavy atom. The van der Waals surface area contributed by atoms with Gasteiger partial charge >= 0.3 is 0 Å². The molecule has 11 heteroatoms. The molecule has 2 bridgehead atoms. The Morgan fingerprint density at radius 2 is 1.91 bits per heavy atom. The molecule has 1 aliphatic rings. The fourth-order valence-corrected chi connectivity index (χ4v) is 5.43. The number of fused-ring (bicyclic) bond motifs is 2. The molecule has 9 nitrogen and oxygen atoms in total. The first-order valence-corrected chi connectivity index (χ1v) is 12.6. The minimum absolute atomic E-state index is 0.0323. The van der Waals surface area contributed by atoms with E-state index in [-0.39, 0.29) is 17.9 Å². The van der Waals surface area contributed by atoms with Crippen molar-refractivity contribution in [2.75, 3.05) is 6.54 Å². The van der Waals surface area contributed by atoms with Crippen molar-refractivity contribution in [3.8, 4) is 0 Å². The van der Waals surface area contributed by atoms with E-state index in [9.17, 15) is 22.8 Å². The van der Waals surface area contributed by atoms with E-state index in [1.807, 2.05) is 6.07 Å². The number of aromatic nitrogens is 1. The second-order valence-electron chi connectivity index (χ2n) is 7.91. The van der Waals surface area contributed by atoms with Crippen LogP contribution in [-0.2, 0) is 37.2 Å². The topological polar surface area (TPSA) is 134 Å². The molecule has 0 spiro atoms. The number of hydrogen-bond donors (Lipinski definition) is 3. The number of nitrogens with zero attached hydrogens (tertiary/aromatic N) is 1. The summed E-state index contributed by atoms with van der Waals surface area (Å²) in [7, 11) is -3.95. The quantitative estimate of drug-likeness (QED) is 0.526. The summed E-state index contributed by atoms with van der Waals surface area (Å²) in [4.78, 5) is 39.0. The molecule has 2 atom stereocenters. The molecule has 2 heterocycles. The number of ketones is 1. The van der Waals surface area contributed by atoms with Crippen LogP contribution in [0.1, 0.15) is 30.8 Å². The maximum absolute atomic E-state index is 13.0. The highest BCUT2D eigenvalue weighted by molar-refractivity contribution is 7.89. The number of carbonyl (C=O) groups excluding carboxylic acids is 3. The molecule has 3 rings (SSSR count). The molecular weight excluding hydrogens is 452 g/mol. The number of Topliss-reactive ketones (excluding diaryl/α,β-unsaturated/α-hetero) is 1. The van der Waals surface area contributed by atoms with E-state index in [0.29, 0.717) is 12.8 Å². The number of aryl methyl sites for hydroxylation is 1. The molecule has 1 aromatic heterocycles. The summed E-state index contributed by atoms with van der Waals surface area (Å²) in [5.74, 6) is -2.59. The van der Waals surface area contributed by atoms with Gasteiger partial charge in [0.1, 0.15) is 6.04 Å². The third-order valence-electron chi connectivity index (χ3n) is 5.10. The SMILES string of the molecule is CC(C)C(NS(=O)(=O)c1ccccc1)C(=O)NC1CCc2cc(ns2)CCNC(=O)C1=O. The molecule has 32 heavy (non-hydrogen) atoms. The fourth-order valence-electron chi connectivity index (χ4n) is 3.28. The van der Waals surface area contributed by atoms with Crippen LogP contribution < -0.4 is 15.4 Å². The summed E-state index contributed by atoms with van der Waals surface area (Å²) in [6.07, 6.45) is 1.18. The predicted molar refractivity (Wildman–Crippen MR) is 119 cm³/mol. The van der Waals surface area contributed by atoms with Gasteiger partial charge in [-0.05, 0) is 48.5 Å². The van der Waals surface area contributed by atoms with E-state index in [1.165, 1.54) is 23.7 Å². The van der Waals surface area contributed by atoms with Crippen LogP contribution >= 0.6 is 11.5 Å². The lowest BCUT2D eigenvalue weighted by Gasteiger charge is -2.24. The molecule has 0 saturated heterocycles. The summed E-state index contributed by atoms with van der Waals surface area (Å²) < 4.78 is 32.2. The molecule has 172 valence electrons. The van der Waals surface area contributed by atoms with Crippen molar-refractivity contribution in [3.05, 3.63) is 47.0 Å². The Labute approximate surface area is 191 Å². The highest BCUT2D eigenvalue weighted by Gasteiger charge is 2.33. The van der Waals surface area contributed by atoms with Gasteiger partial charge in [0, 0.05) is 17.8 Å². The Morgan fingerprint density at radius 1 is 1.19 bits per heavy atom. The lowest BCUT2D eigenvalue weighted by molar-refractivity contribution is -0.140. The van der Waals surface area contributed by atoms with Crippen LogP contribution in [0, 0.1) is 5.92 Å². The van der Waals surface area contributed by atoms with Crippen molar-refractivity contribution < 1.29 is 22.8 Å². The van der Waals surface area contributed by atoms with Crippen LogP contribution in [0.3, 0.4) is 0 Å². The average molecular weight is 479 g/mol. The van der Waals surface area contributed by atoms with E-state index in [1.54, 1.807) is 32.0 Å². The van der Waals surface area contributed by atoms with E-state index in [0.717, 1.165) is 10.6 Å². The number of rotatable bonds is 6. The molecule has 0 aliphatic carbocycles. The van der Waals surface area contributed by atoms with E-state index in [4.69, 9.17) is 0 Å². The Bertz CT molecular complexity index is 1080. The molecule has 3 N–H and O–H groups in total. The second-order valence-corrected chi connectivity index (χ2v) is 10.5. The van der Waals surface area contributed by atoms with E-state index >= 15 is 0 Å². The normalized spacial score (nSPS) is 18.5. The molecule has 2 aromatic rings. The van der Waals surface area contributed by atoms with Crippen LogP contribution in [0.4, 0.5) is 0 Å². The van der Waals surface area contributed by atoms with Crippen molar-refractivity contribution in [2.24, 2.45) is 5.92 Å². The summed E-state index contributed by atoms with van der Waals surface area (Å²) in [5.41, 5.74) is 0.843. The van der Waals surface area contributed by atoms with Crippen LogP contribution in [-0.4, -0.2) is 49.0 Å². The van der Waals surface area contributed by atoms with Gasteiger partial charge in [0.05, 0.1) is 16.6 Å². The van der Waals surface area contributed by atoms with Gasteiger partial charge in [0.25, 0.3) is 5.91 Å². The first-order valence-electron chi connectivity index (χ1n) is 10.3. The maximum atomic E-state index is 13.0. The van der Waals surface area contributed by atoms with Crippen molar-refractivity contribution in [2.45, 2.75) is 50.1 Å². The van der Waals surface area contributed by atoms with Gasteiger partial charge in [0.2, 0.25) is 21.7 Å². The smallest absolute Gasteiger partial charge is 0.289 e. The van der Waals surface area contributed by atoms with Gasteiger partial charge in [-0.25, -0.2) is 8.42 Å². The average Bonchev–Trinajstić information content (AvgIpc) is 3.21. The predicted octanol–water partition coefficient (Wildman–Crippen LogP) is 0.805. The van der Waals surface area contributed by atoms with Crippen molar-refractivity contribution in [1.82, 2.24) is 19.7 Å². The van der Waals surface area contributed by atoms with Gasteiger partial charge in [-0.15, -0.1) is 0 Å². The van der Waals surface area contributed by atoms with E-state index < -0.39 is 45.6 Å². The first kappa shape index (κ1) is 24.0. The molecule has 0 radical (unpaired) electrons. The zero-order valence-corrected chi connectivity index (χ0v) is 19.5. The van der Waals surface area contributed by atoms with Crippen molar-refractivity contribution in [3.63, 3.8) is 0 Å². The standard InChI is InChI=1S/C21H26N4O5S2/c1-13(2)18(25-32(29,30)16-6-4-3-5-7-16)20(27)23-17-9-8-15-12-14(24-31-15)10-11-22-21(28)19(17)26/h3-7,12-13,17-18,25H,8-11H2,1-2H3,(H,22,28)(H,23,27). The maximum Gasteiger partial charge on any atom is 0.289 e. The minimum atomic E-state index is -3.95. The third kappa shape index (κ3) is 5.99. The molecule has 0 fully saturated rings. The lowest BCUT2D eigenvalue weighted by Crippen LogP contribution is -2.55. The Hall–Kier alpha value is -2.63. The highest BCUT2D eigenvalue weighted by Crippen LogP contribution is 2.16. The summed E-state index contributed by atoms with van der Waals surface area (Å²) in [6, 6.07) is 7.45. The van der Waals surface area contributed by atoms with E-state index in [2.05, 4.69) is 19.7 Å². The lowest BCUT2D eigenvalue weighted by atomic mass is 10.0. The minimum Gasteiger partial charge on any atom is -0.349 e. The van der Waals surface area contributed by atoms with Crippen molar-refractivity contribution in [1.29, 1.82) is 0 Å². The van der Waals surface area contributed by atoms with Gasteiger partial charge < -0.3 is 10.6 Å². The molecule has 1 aliphatic heterocycles. The highest BCUT2D eigenvalue weighted by atomic mass is 32.2. The number of nitrogens with one attached hydrogen (secondary N) is 3. The van der Waals surface area contributed by atoms with Gasteiger partial charge in [-0.3, -0.25) is 14.4 Å². The first-order chi connectivity index (χ1) is 15.2. The molecule has 0 saturated carbocycles. The largest absolute Gasteiger partial charge is 0.349 e. The van der Waals surface area contributed by atoms with Gasteiger partial charge in [-0.1, -0.05) is 32.0 Å². The zero-order chi connectivity index (χ0) is 23.3. The van der Waals surface area contributed by atoms with Crippen LogP contribution in [0.25, 0.3) is 0 Å². The Balaban J connectivity index is 1.77. The zero-order valence-electron chi connectivity index (χ0n) is 17.8. The Kier molecular flexibility index (Phi) is 7.75. The van der Waals surface area contributed by atoms with Crippen LogP contribution in [0.2, 0.25) is 0 Å².